The number of carbonyl (C=O) groups is 2. The van der Waals surface area contributed by atoms with Crippen LogP contribution in [0.1, 0.15) is 27.0 Å². The van der Waals surface area contributed by atoms with Gasteiger partial charge in [-0.3, -0.25) is 9.59 Å². The highest BCUT2D eigenvalue weighted by atomic mass is 35.5. The van der Waals surface area contributed by atoms with Crippen molar-refractivity contribution in [3.63, 3.8) is 0 Å². The third-order valence-electron chi connectivity index (χ3n) is 6.33. The summed E-state index contributed by atoms with van der Waals surface area (Å²) in [5.41, 5.74) is 4.31. The molecule has 168 valence electrons. The lowest BCUT2D eigenvalue weighted by Gasteiger charge is -2.33. The molecule has 33 heavy (non-hydrogen) atoms. The van der Waals surface area contributed by atoms with E-state index in [1.165, 1.54) is 11.8 Å². The van der Waals surface area contributed by atoms with Crippen LogP contribution >= 0.6 is 23.4 Å². The molecule has 1 spiro atoms. The van der Waals surface area contributed by atoms with E-state index in [2.05, 4.69) is 0 Å². The van der Waals surface area contributed by atoms with Crippen molar-refractivity contribution in [2.75, 3.05) is 24.3 Å². The minimum absolute atomic E-state index is 0.0983. The number of hydrogen-bond donors (Lipinski definition) is 0. The summed E-state index contributed by atoms with van der Waals surface area (Å²) in [5, 5.41) is 0.563. The minimum Gasteiger partial charge on any atom is -0.497 e. The normalized spacial score (nSPS) is 19.3. The van der Waals surface area contributed by atoms with Gasteiger partial charge in [0.2, 0.25) is 0 Å². The Morgan fingerprint density at radius 1 is 1.12 bits per heavy atom. The monoisotopic (exact) mass is 478 g/mol. The van der Waals surface area contributed by atoms with E-state index in [1.807, 2.05) is 49.4 Å². The van der Waals surface area contributed by atoms with Crippen LogP contribution < -0.4 is 9.64 Å². The highest BCUT2D eigenvalue weighted by Crippen LogP contribution is 2.55. The summed E-state index contributed by atoms with van der Waals surface area (Å²) in [4.78, 5) is 30.2. The average molecular weight is 479 g/mol. The van der Waals surface area contributed by atoms with Crippen LogP contribution in [-0.2, 0) is 16.2 Å². The lowest BCUT2D eigenvalue weighted by molar-refractivity contribution is -0.123. The number of halogens is 1. The minimum atomic E-state index is -1.12. The number of aryl methyl sites for hydroxylation is 1. The third-order valence-corrected chi connectivity index (χ3v) is 8.00. The molecule has 1 saturated heterocycles. The van der Waals surface area contributed by atoms with Crippen molar-refractivity contribution in [2.45, 2.75) is 18.3 Å². The van der Waals surface area contributed by atoms with Crippen LogP contribution in [-0.4, -0.2) is 36.1 Å². The number of hydrogen-bond acceptors (Lipinski definition) is 4. The van der Waals surface area contributed by atoms with Crippen LogP contribution in [0, 0.1) is 6.92 Å². The number of thioether (sulfide) groups is 1. The van der Waals surface area contributed by atoms with Crippen molar-refractivity contribution >= 4 is 40.9 Å². The van der Waals surface area contributed by atoms with Crippen LogP contribution in [0.3, 0.4) is 0 Å². The molecule has 5 nitrogen and oxygen atoms in total. The van der Waals surface area contributed by atoms with Gasteiger partial charge in [-0.25, -0.2) is 0 Å². The molecule has 1 unspecified atom stereocenters. The van der Waals surface area contributed by atoms with E-state index in [9.17, 15) is 9.59 Å². The summed E-state index contributed by atoms with van der Waals surface area (Å²) in [7, 11) is 1.61. The van der Waals surface area contributed by atoms with Crippen LogP contribution in [0.5, 0.6) is 5.75 Å². The van der Waals surface area contributed by atoms with Crippen molar-refractivity contribution in [1.29, 1.82) is 0 Å². The molecule has 2 heterocycles. The lowest BCUT2D eigenvalue weighted by atomic mass is 10.0. The lowest BCUT2D eigenvalue weighted by Crippen LogP contribution is -2.50. The van der Waals surface area contributed by atoms with E-state index in [1.54, 1.807) is 41.2 Å². The standard InChI is InChI=1S/C26H23ClN2O3S/c1-17-5-3-4-6-19(17)16-28-23-12-11-21(32-2)15-22(23)26(25(28)31)29(13-14-33-26)24(30)18-7-9-20(27)10-8-18/h3-12,15H,13-14,16H2,1-2H3. The van der Waals surface area contributed by atoms with Crippen molar-refractivity contribution in [1.82, 2.24) is 4.90 Å². The van der Waals surface area contributed by atoms with E-state index in [4.69, 9.17) is 16.3 Å². The van der Waals surface area contributed by atoms with Gasteiger partial charge in [-0.1, -0.05) is 35.9 Å². The zero-order chi connectivity index (χ0) is 23.2. The number of anilines is 1. The zero-order valence-corrected chi connectivity index (χ0v) is 19.9. The van der Waals surface area contributed by atoms with Crippen LogP contribution in [0.15, 0.2) is 66.7 Å². The summed E-state index contributed by atoms with van der Waals surface area (Å²) in [6.45, 7) is 2.96. The van der Waals surface area contributed by atoms with Crippen molar-refractivity contribution in [3.8, 4) is 5.75 Å². The summed E-state index contributed by atoms with van der Waals surface area (Å²) in [6, 6.07) is 20.5. The van der Waals surface area contributed by atoms with Crippen molar-refractivity contribution in [2.24, 2.45) is 0 Å². The first-order chi connectivity index (χ1) is 16.0. The van der Waals surface area contributed by atoms with Gasteiger partial charge in [-0.15, -0.1) is 11.8 Å². The van der Waals surface area contributed by atoms with Gasteiger partial charge in [0.1, 0.15) is 5.75 Å². The second-order valence-corrected chi connectivity index (χ2v) is 9.88. The fourth-order valence-corrected chi connectivity index (χ4v) is 6.16. The van der Waals surface area contributed by atoms with E-state index in [0.717, 1.165) is 22.4 Å². The summed E-state index contributed by atoms with van der Waals surface area (Å²) >= 11 is 7.53. The third kappa shape index (κ3) is 3.49. The van der Waals surface area contributed by atoms with E-state index < -0.39 is 4.87 Å². The molecule has 0 N–H and O–H groups in total. The Labute approximate surface area is 202 Å². The van der Waals surface area contributed by atoms with Gasteiger partial charge in [-0.05, 0) is 60.5 Å². The first-order valence-corrected chi connectivity index (χ1v) is 12.1. The first kappa shape index (κ1) is 21.9. The number of methoxy groups -OCH3 is 1. The van der Waals surface area contributed by atoms with Gasteiger partial charge in [0, 0.05) is 28.4 Å². The molecular weight excluding hydrogens is 456 g/mol. The summed E-state index contributed by atoms with van der Waals surface area (Å²) < 4.78 is 5.49. The van der Waals surface area contributed by atoms with Crippen LogP contribution in [0.4, 0.5) is 5.69 Å². The Bertz CT molecular complexity index is 1250. The smallest absolute Gasteiger partial charge is 0.268 e. The van der Waals surface area contributed by atoms with Gasteiger partial charge >= 0.3 is 0 Å². The molecule has 1 fully saturated rings. The molecular formula is C26H23ClN2O3S. The maximum atomic E-state index is 14.2. The number of carbonyl (C=O) groups excluding carboxylic acids is 2. The molecule has 2 aliphatic rings. The van der Waals surface area contributed by atoms with E-state index >= 15 is 0 Å². The quantitative estimate of drug-likeness (QED) is 0.514. The number of nitrogens with zero attached hydrogens (tertiary/aromatic N) is 2. The number of amides is 2. The molecule has 0 aliphatic carbocycles. The SMILES string of the molecule is COc1ccc2c(c1)C1(SCCN1C(=O)c1ccc(Cl)cc1)C(=O)N2Cc1ccccc1C. The molecule has 1 atom stereocenters. The Kier molecular flexibility index (Phi) is 5.59. The fourth-order valence-electron chi connectivity index (χ4n) is 4.58. The van der Waals surface area contributed by atoms with Gasteiger partial charge in [0.05, 0.1) is 19.3 Å². The second kappa shape index (κ2) is 8.43. The number of rotatable bonds is 4. The van der Waals surface area contributed by atoms with Crippen molar-refractivity contribution in [3.05, 3.63) is 94.0 Å². The van der Waals surface area contributed by atoms with Gasteiger partial charge in [-0.2, -0.15) is 0 Å². The van der Waals surface area contributed by atoms with Crippen molar-refractivity contribution < 1.29 is 14.3 Å². The highest BCUT2D eigenvalue weighted by Gasteiger charge is 2.59. The van der Waals surface area contributed by atoms with E-state index in [0.29, 0.717) is 35.2 Å². The first-order valence-electron chi connectivity index (χ1n) is 10.7. The predicted molar refractivity (Wildman–Crippen MR) is 132 cm³/mol. The maximum absolute atomic E-state index is 14.2. The van der Waals surface area contributed by atoms with Gasteiger partial charge in [0.15, 0.2) is 4.87 Å². The Hall–Kier alpha value is -2.96. The van der Waals surface area contributed by atoms with Crippen LogP contribution in [0.25, 0.3) is 0 Å². The molecule has 0 radical (unpaired) electrons. The Morgan fingerprint density at radius 3 is 2.61 bits per heavy atom. The van der Waals surface area contributed by atoms with Crippen LogP contribution in [0.2, 0.25) is 5.02 Å². The second-order valence-electron chi connectivity index (χ2n) is 8.16. The molecule has 2 aliphatic heterocycles. The van der Waals surface area contributed by atoms with Gasteiger partial charge < -0.3 is 14.5 Å². The number of benzene rings is 3. The molecule has 0 aromatic heterocycles. The fraction of sp³-hybridized carbons (Fsp3) is 0.231. The summed E-state index contributed by atoms with van der Waals surface area (Å²) in [6.07, 6.45) is 0. The maximum Gasteiger partial charge on any atom is 0.268 e. The average Bonchev–Trinajstić information content (AvgIpc) is 3.37. The molecule has 3 aromatic carbocycles. The molecule has 0 saturated carbocycles. The topological polar surface area (TPSA) is 49.9 Å². The Morgan fingerprint density at radius 2 is 1.88 bits per heavy atom. The van der Waals surface area contributed by atoms with Gasteiger partial charge in [0.25, 0.3) is 11.8 Å². The molecule has 2 amide bonds. The molecule has 5 rings (SSSR count). The predicted octanol–water partition coefficient (Wildman–Crippen LogP) is 5.25. The van der Waals surface area contributed by atoms with E-state index in [-0.39, 0.29) is 11.8 Å². The number of fused-ring (bicyclic) bond motifs is 2. The zero-order valence-electron chi connectivity index (χ0n) is 18.4. The highest BCUT2D eigenvalue weighted by molar-refractivity contribution is 8.01. The molecule has 3 aromatic rings. The number of ether oxygens (including phenoxy) is 1. The summed E-state index contributed by atoms with van der Waals surface area (Å²) in [5.74, 6) is 1.04. The molecule has 7 heteroatoms. The molecule has 0 bridgehead atoms. The Balaban J connectivity index is 1.62. The largest absolute Gasteiger partial charge is 0.497 e.